The van der Waals surface area contributed by atoms with Crippen LogP contribution in [0.2, 0.25) is 0 Å². The molecule has 1 aliphatic carbocycles. The van der Waals surface area contributed by atoms with Crippen molar-refractivity contribution in [1.82, 2.24) is 15.2 Å². The Bertz CT molecular complexity index is 633. The molecule has 0 spiro atoms. The summed E-state index contributed by atoms with van der Waals surface area (Å²) in [4.78, 5) is 31.8. The highest BCUT2D eigenvalue weighted by molar-refractivity contribution is 5.87. The Morgan fingerprint density at radius 1 is 1.31 bits per heavy atom. The van der Waals surface area contributed by atoms with Gasteiger partial charge in [-0.2, -0.15) is 0 Å². The number of aromatic nitrogens is 1. The molecule has 1 aromatic heterocycles. The molecule has 2 heterocycles. The predicted molar refractivity (Wildman–Crippen MR) is 98.3 cm³/mol. The topological polar surface area (TPSA) is 71.5 Å². The highest BCUT2D eigenvalue weighted by Crippen LogP contribution is 2.39. The van der Waals surface area contributed by atoms with Crippen LogP contribution in [0.5, 0.6) is 0 Å². The van der Waals surface area contributed by atoms with Gasteiger partial charge in [0, 0.05) is 24.0 Å². The highest BCUT2D eigenvalue weighted by atomic mass is 16.5. The highest BCUT2D eigenvalue weighted by Gasteiger charge is 2.48. The Balaban J connectivity index is 1.90. The zero-order chi connectivity index (χ0) is 18.7. The van der Waals surface area contributed by atoms with Gasteiger partial charge in [0.1, 0.15) is 6.61 Å². The third-order valence-electron chi connectivity index (χ3n) is 5.90. The van der Waals surface area contributed by atoms with Crippen LogP contribution >= 0.6 is 0 Å². The Labute approximate surface area is 155 Å². The summed E-state index contributed by atoms with van der Waals surface area (Å²) < 4.78 is 5.78. The molecule has 0 radical (unpaired) electrons. The molecule has 0 aromatic carbocycles. The van der Waals surface area contributed by atoms with Crippen LogP contribution in [-0.4, -0.2) is 46.0 Å². The SMILES string of the molecule is CCC(CC)(CC)NC(=O)[C@H]1OCC(=O)N(C2CC2)[C@@H]1c1cccnc1. The van der Waals surface area contributed by atoms with E-state index in [1.165, 1.54) is 0 Å². The lowest BCUT2D eigenvalue weighted by molar-refractivity contribution is -0.166. The largest absolute Gasteiger partial charge is 0.356 e. The number of hydrogen-bond donors (Lipinski definition) is 1. The van der Waals surface area contributed by atoms with Crippen molar-refractivity contribution in [1.29, 1.82) is 0 Å². The first kappa shape index (κ1) is 18.8. The maximum absolute atomic E-state index is 13.2. The first-order valence-electron chi connectivity index (χ1n) is 9.70. The molecule has 0 unspecified atom stereocenters. The summed E-state index contributed by atoms with van der Waals surface area (Å²) in [5.74, 6) is -0.180. The van der Waals surface area contributed by atoms with Crippen molar-refractivity contribution in [3.8, 4) is 0 Å². The summed E-state index contributed by atoms with van der Waals surface area (Å²) in [7, 11) is 0. The molecule has 1 N–H and O–H groups in total. The van der Waals surface area contributed by atoms with Gasteiger partial charge in [0.15, 0.2) is 6.10 Å². The first-order valence-corrected chi connectivity index (χ1v) is 9.70. The van der Waals surface area contributed by atoms with Crippen LogP contribution < -0.4 is 5.32 Å². The number of morpholine rings is 1. The molecule has 2 aliphatic rings. The minimum Gasteiger partial charge on any atom is -0.356 e. The second kappa shape index (κ2) is 7.74. The third-order valence-corrected chi connectivity index (χ3v) is 5.90. The second-order valence-corrected chi connectivity index (χ2v) is 7.33. The van der Waals surface area contributed by atoms with Gasteiger partial charge in [0.05, 0.1) is 6.04 Å². The van der Waals surface area contributed by atoms with E-state index in [4.69, 9.17) is 4.74 Å². The molecule has 3 rings (SSSR count). The van der Waals surface area contributed by atoms with Gasteiger partial charge in [0.2, 0.25) is 5.91 Å². The number of amides is 2. The summed E-state index contributed by atoms with van der Waals surface area (Å²) in [5.41, 5.74) is 0.619. The van der Waals surface area contributed by atoms with Crippen LogP contribution in [0.4, 0.5) is 0 Å². The number of nitrogens with zero attached hydrogens (tertiary/aromatic N) is 2. The van der Waals surface area contributed by atoms with Crippen LogP contribution in [0, 0.1) is 0 Å². The standard InChI is InChI=1S/C20H29N3O3/c1-4-20(5-2,6-3)22-19(25)18-17(14-8-7-11-21-12-14)23(15-9-10-15)16(24)13-26-18/h7-8,11-12,15,17-18H,4-6,9-10,13H2,1-3H3,(H,22,25)/t17-,18+/m1/s1. The lowest BCUT2D eigenvalue weighted by Crippen LogP contribution is -2.58. The average Bonchev–Trinajstić information content (AvgIpc) is 3.51. The zero-order valence-electron chi connectivity index (χ0n) is 15.9. The molecule has 2 atom stereocenters. The lowest BCUT2D eigenvalue weighted by atomic mass is 9.88. The van der Waals surface area contributed by atoms with Gasteiger partial charge in [-0.1, -0.05) is 26.8 Å². The van der Waals surface area contributed by atoms with Crippen molar-refractivity contribution >= 4 is 11.8 Å². The van der Waals surface area contributed by atoms with Gasteiger partial charge in [0.25, 0.3) is 5.91 Å². The van der Waals surface area contributed by atoms with E-state index in [0.29, 0.717) is 0 Å². The van der Waals surface area contributed by atoms with Gasteiger partial charge in [-0.05, 0) is 43.7 Å². The fourth-order valence-corrected chi connectivity index (χ4v) is 3.86. The van der Waals surface area contributed by atoms with E-state index in [9.17, 15) is 9.59 Å². The fourth-order valence-electron chi connectivity index (χ4n) is 3.86. The Kier molecular flexibility index (Phi) is 5.61. The van der Waals surface area contributed by atoms with Crippen molar-refractivity contribution in [2.45, 2.75) is 76.6 Å². The molecule has 1 aromatic rings. The molecule has 2 fully saturated rings. The van der Waals surface area contributed by atoms with E-state index >= 15 is 0 Å². The van der Waals surface area contributed by atoms with E-state index in [-0.39, 0.29) is 30.0 Å². The van der Waals surface area contributed by atoms with Crippen LogP contribution in [0.3, 0.4) is 0 Å². The van der Waals surface area contributed by atoms with Crippen molar-refractivity contribution in [2.24, 2.45) is 0 Å². The van der Waals surface area contributed by atoms with E-state index in [1.54, 1.807) is 12.4 Å². The van der Waals surface area contributed by atoms with Gasteiger partial charge in [-0.3, -0.25) is 14.6 Å². The van der Waals surface area contributed by atoms with Crippen molar-refractivity contribution in [3.05, 3.63) is 30.1 Å². The van der Waals surface area contributed by atoms with Crippen molar-refractivity contribution in [3.63, 3.8) is 0 Å². The fraction of sp³-hybridized carbons (Fsp3) is 0.650. The van der Waals surface area contributed by atoms with E-state index in [2.05, 4.69) is 31.1 Å². The van der Waals surface area contributed by atoms with Gasteiger partial charge >= 0.3 is 0 Å². The number of carbonyl (C=O) groups excluding carboxylic acids is 2. The molecule has 6 nitrogen and oxygen atoms in total. The van der Waals surface area contributed by atoms with E-state index in [0.717, 1.165) is 37.7 Å². The van der Waals surface area contributed by atoms with Crippen molar-refractivity contribution in [2.75, 3.05) is 6.61 Å². The monoisotopic (exact) mass is 359 g/mol. The minimum absolute atomic E-state index is 0.0390. The maximum atomic E-state index is 13.2. The quantitative estimate of drug-likeness (QED) is 0.812. The van der Waals surface area contributed by atoms with Gasteiger partial charge < -0.3 is 15.0 Å². The lowest BCUT2D eigenvalue weighted by Gasteiger charge is -2.42. The number of rotatable bonds is 7. The number of pyridine rings is 1. The second-order valence-electron chi connectivity index (χ2n) is 7.33. The summed E-state index contributed by atoms with van der Waals surface area (Å²) in [6, 6.07) is 3.55. The van der Waals surface area contributed by atoms with Crippen LogP contribution in [0.1, 0.15) is 64.5 Å². The summed E-state index contributed by atoms with van der Waals surface area (Å²) in [5, 5.41) is 3.22. The molecule has 6 heteroatoms. The predicted octanol–water partition coefficient (Wildman–Crippen LogP) is 2.60. The normalized spacial score (nSPS) is 23.8. The number of nitrogens with one attached hydrogen (secondary N) is 1. The van der Waals surface area contributed by atoms with Crippen LogP contribution in [0.15, 0.2) is 24.5 Å². The third kappa shape index (κ3) is 3.61. The smallest absolute Gasteiger partial charge is 0.252 e. The Morgan fingerprint density at radius 3 is 2.54 bits per heavy atom. The van der Waals surface area contributed by atoms with Crippen molar-refractivity contribution < 1.29 is 14.3 Å². The zero-order valence-corrected chi connectivity index (χ0v) is 15.9. The van der Waals surface area contributed by atoms with Crippen LogP contribution in [-0.2, 0) is 14.3 Å². The molecule has 142 valence electrons. The molecule has 26 heavy (non-hydrogen) atoms. The van der Waals surface area contributed by atoms with Crippen LogP contribution in [0.25, 0.3) is 0 Å². The Hall–Kier alpha value is -1.95. The molecule has 1 saturated heterocycles. The van der Waals surface area contributed by atoms with Gasteiger partial charge in [-0.15, -0.1) is 0 Å². The molecule has 0 bridgehead atoms. The van der Waals surface area contributed by atoms with Gasteiger partial charge in [-0.25, -0.2) is 0 Å². The molecular formula is C20H29N3O3. The number of carbonyl (C=O) groups is 2. The summed E-state index contributed by atoms with van der Waals surface area (Å²) in [6.45, 7) is 6.23. The van der Waals surface area contributed by atoms with E-state index in [1.807, 2.05) is 17.0 Å². The first-order chi connectivity index (χ1) is 12.5. The number of ether oxygens (including phenoxy) is 1. The minimum atomic E-state index is -0.707. The molecule has 2 amide bonds. The van der Waals surface area contributed by atoms with E-state index < -0.39 is 12.1 Å². The average molecular weight is 359 g/mol. The molecule has 1 aliphatic heterocycles. The molecular weight excluding hydrogens is 330 g/mol. The Morgan fingerprint density at radius 2 is 2.00 bits per heavy atom. The maximum Gasteiger partial charge on any atom is 0.252 e. The number of hydrogen-bond acceptors (Lipinski definition) is 4. The summed E-state index contributed by atoms with van der Waals surface area (Å²) in [6.07, 6.45) is 7.28. The summed E-state index contributed by atoms with van der Waals surface area (Å²) >= 11 is 0. The molecule has 1 saturated carbocycles.